The SMILES string of the molecule is CCCOC(=O)c1ccc(NC(=O)CN2C(=O)S/C(=C/c3ccccc3)C2=O)cc1. The number of amides is 3. The van der Waals surface area contributed by atoms with E-state index < -0.39 is 29.6 Å². The fourth-order valence-corrected chi connectivity index (χ4v) is 3.49. The number of esters is 1. The monoisotopic (exact) mass is 424 g/mol. The van der Waals surface area contributed by atoms with Crippen LogP contribution in [0.1, 0.15) is 29.3 Å². The molecule has 0 unspecified atom stereocenters. The molecule has 1 fully saturated rings. The highest BCUT2D eigenvalue weighted by molar-refractivity contribution is 8.18. The Bertz CT molecular complexity index is 986. The van der Waals surface area contributed by atoms with E-state index in [4.69, 9.17) is 4.74 Å². The van der Waals surface area contributed by atoms with Crippen LogP contribution in [-0.2, 0) is 14.3 Å². The van der Waals surface area contributed by atoms with Crippen LogP contribution in [0.5, 0.6) is 0 Å². The van der Waals surface area contributed by atoms with Crippen molar-refractivity contribution in [1.29, 1.82) is 0 Å². The van der Waals surface area contributed by atoms with Gasteiger partial charge in [0.05, 0.1) is 17.1 Å². The molecule has 0 spiro atoms. The van der Waals surface area contributed by atoms with Gasteiger partial charge < -0.3 is 10.1 Å². The molecule has 0 aliphatic carbocycles. The number of carbonyl (C=O) groups is 4. The molecule has 3 amide bonds. The van der Waals surface area contributed by atoms with E-state index in [9.17, 15) is 19.2 Å². The number of anilines is 1. The Balaban J connectivity index is 1.59. The van der Waals surface area contributed by atoms with Crippen molar-refractivity contribution in [1.82, 2.24) is 4.90 Å². The van der Waals surface area contributed by atoms with Crippen molar-refractivity contribution in [2.45, 2.75) is 13.3 Å². The van der Waals surface area contributed by atoms with Crippen molar-refractivity contribution in [2.24, 2.45) is 0 Å². The van der Waals surface area contributed by atoms with Gasteiger partial charge in [0.1, 0.15) is 6.54 Å². The number of benzene rings is 2. The molecule has 2 aromatic rings. The van der Waals surface area contributed by atoms with Crippen LogP contribution in [0.3, 0.4) is 0 Å². The number of imide groups is 1. The minimum atomic E-state index is -0.514. The first kappa shape index (κ1) is 21.3. The maximum absolute atomic E-state index is 12.5. The highest BCUT2D eigenvalue weighted by Gasteiger charge is 2.36. The van der Waals surface area contributed by atoms with Gasteiger partial charge in [0.25, 0.3) is 11.1 Å². The normalized spacial score (nSPS) is 14.8. The first-order chi connectivity index (χ1) is 14.5. The van der Waals surface area contributed by atoms with E-state index in [-0.39, 0.29) is 4.91 Å². The lowest BCUT2D eigenvalue weighted by Gasteiger charge is -2.12. The van der Waals surface area contributed by atoms with Crippen LogP contribution in [0.2, 0.25) is 0 Å². The molecule has 1 N–H and O–H groups in total. The van der Waals surface area contributed by atoms with E-state index in [0.29, 0.717) is 17.9 Å². The Morgan fingerprint density at radius 3 is 2.43 bits per heavy atom. The van der Waals surface area contributed by atoms with E-state index >= 15 is 0 Å². The van der Waals surface area contributed by atoms with Gasteiger partial charge >= 0.3 is 5.97 Å². The maximum Gasteiger partial charge on any atom is 0.338 e. The molecular formula is C22H20N2O5S. The summed E-state index contributed by atoms with van der Waals surface area (Å²) < 4.78 is 5.05. The number of carbonyl (C=O) groups excluding carboxylic acids is 4. The minimum absolute atomic E-state index is 0.272. The molecular weight excluding hydrogens is 404 g/mol. The van der Waals surface area contributed by atoms with Crippen molar-refractivity contribution in [3.05, 3.63) is 70.6 Å². The Morgan fingerprint density at radius 2 is 1.77 bits per heavy atom. The number of hydrogen-bond acceptors (Lipinski definition) is 6. The average Bonchev–Trinajstić information content (AvgIpc) is 3.00. The van der Waals surface area contributed by atoms with E-state index in [1.165, 1.54) is 12.1 Å². The number of hydrogen-bond donors (Lipinski definition) is 1. The molecule has 3 rings (SSSR count). The Labute approximate surface area is 178 Å². The summed E-state index contributed by atoms with van der Waals surface area (Å²) in [6, 6.07) is 15.4. The fraction of sp³-hybridized carbons (Fsp3) is 0.182. The lowest BCUT2D eigenvalue weighted by Crippen LogP contribution is -2.36. The summed E-state index contributed by atoms with van der Waals surface area (Å²) in [7, 11) is 0. The zero-order valence-electron chi connectivity index (χ0n) is 16.3. The van der Waals surface area contributed by atoms with E-state index in [0.717, 1.165) is 28.6 Å². The Hall–Kier alpha value is -3.39. The molecule has 8 heteroatoms. The molecule has 154 valence electrons. The molecule has 0 bridgehead atoms. The first-order valence-corrected chi connectivity index (χ1v) is 10.2. The molecule has 0 aromatic heterocycles. The van der Waals surface area contributed by atoms with E-state index in [1.54, 1.807) is 18.2 Å². The van der Waals surface area contributed by atoms with Crippen LogP contribution < -0.4 is 5.32 Å². The third-order valence-corrected chi connectivity index (χ3v) is 5.02. The van der Waals surface area contributed by atoms with Crippen LogP contribution >= 0.6 is 11.8 Å². The predicted octanol–water partition coefficient (Wildman–Crippen LogP) is 3.93. The average molecular weight is 424 g/mol. The lowest BCUT2D eigenvalue weighted by molar-refractivity contribution is -0.127. The molecule has 0 saturated carbocycles. The van der Waals surface area contributed by atoms with Gasteiger partial charge in [0.15, 0.2) is 0 Å². The number of nitrogens with zero attached hydrogens (tertiary/aromatic N) is 1. The molecule has 7 nitrogen and oxygen atoms in total. The number of ether oxygens (including phenoxy) is 1. The number of thioether (sulfide) groups is 1. The highest BCUT2D eigenvalue weighted by atomic mass is 32.2. The predicted molar refractivity (Wildman–Crippen MR) is 115 cm³/mol. The van der Waals surface area contributed by atoms with Crippen molar-refractivity contribution in [3.8, 4) is 0 Å². The van der Waals surface area contributed by atoms with Crippen LogP contribution in [0, 0.1) is 0 Å². The second kappa shape index (κ2) is 9.89. The summed E-state index contributed by atoms with van der Waals surface area (Å²) in [6.45, 7) is 1.85. The van der Waals surface area contributed by atoms with Gasteiger partial charge in [-0.25, -0.2) is 4.79 Å². The molecule has 1 aliphatic heterocycles. The van der Waals surface area contributed by atoms with Crippen LogP contribution in [0.25, 0.3) is 6.08 Å². The third-order valence-electron chi connectivity index (χ3n) is 4.11. The molecule has 2 aromatic carbocycles. The summed E-state index contributed by atoms with van der Waals surface area (Å²) in [5.74, 6) is -1.45. The summed E-state index contributed by atoms with van der Waals surface area (Å²) in [4.78, 5) is 50.0. The van der Waals surface area contributed by atoms with Gasteiger partial charge in [0, 0.05) is 5.69 Å². The maximum atomic E-state index is 12.5. The van der Waals surface area contributed by atoms with Crippen molar-refractivity contribution in [3.63, 3.8) is 0 Å². The quantitative estimate of drug-likeness (QED) is 0.535. The van der Waals surface area contributed by atoms with Crippen LogP contribution in [0.4, 0.5) is 10.5 Å². The summed E-state index contributed by atoms with van der Waals surface area (Å²) in [5, 5.41) is 2.12. The van der Waals surface area contributed by atoms with E-state index in [1.807, 2.05) is 37.3 Å². The Kier molecular flexibility index (Phi) is 7.03. The van der Waals surface area contributed by atoms with Gasteiger partial charge in [-0.1, -0.05) is 37.3 Å². The topological polar surface area (TPSA) is 92.8 Å². The van der Waals surface area contributed by atoms with Gasteiger partial charge in [-0.3, -0.25) is 19.3 Å². The largest absolute Gasteiger partial charge is 0.462 e. The molecule has 30 heavy (non-hydrogen) atoms. The summed E-state index contributed by atoms with van der Waals surface area (Å²) >= 11 is 0.804. The van der Waals surface area contributed by atoms with Gasteiger partial charge in [-0.05, 0) is 54.1 Å². The van der Waals surface area contributed by atoms with Crippen molar-refractivity contribution in [2.75, 3.05) is 18.5 Å². The zero-order chi connectivity index (χ0) is 21.5. The van der Waals surface area contributed by atoms with Crippen LogP contribution in [-0.4, -0.2) is 41.1 Å². The Morgan fingerprint density at radius 1 is 1.07 bits per heavy atom. The lowest BCUT2D eigenvalue weighted by atomic mass is 10.2. The molecule has 0 radical (unpaired) electrons. The second-order valence-electron chi connectivity index (χ2n) is 6.44. The van der Waals surface area contributed by atoms with Crippen molar-refractivity contribution >= 4 is 46.5 Å². The zero-order valence-corrected chi connectivity index (χ0v) is 17.1. The van der Waals surface area contributed by atoms with E-state index in [2.05, 4.69) is 5.32 Å². The van der Waals surface area contributed by atoms with Gasteiger partial charge in [-0.15, -0.1) is 0 Å². The molecule has 1 heterocycles. The smallest absolute Gasteiger partial charge is 0.338 e. The summed E-state index contributed by atoms with van der Waals surface area (Å²) in [5.41, 5.74) is 1.61. The number of nitrogens with one attached hydrogen (secondary N) is 1. The number of rotatable bonds is 7. The van der Waals surface area contributed by atoms with Crippen LogP contribution in [0.15, 0.2) is 59.5 Å². The van der Waals surface area contributed by atoms with Gasteiger partial charge in [0.2, 0.25) is 5.91 Å². The summed E-state index contributed by atoms with van der Waals surface area (Å²) in [6.07, 6.45) is 2.35. The second-order valence-corrected chi connectivity index (χ2v) is 7.43. The fourth-order valence-electron chi connectivity index (χ4n) is 2.65. The standard InChI is InChI=1S/C22H20N2O5S/c1-2-12-29-21(27)16-8-10-17(11-9-16)23-19(25)14-24-20(26)18(30-22(24)28)13-15-6-4-3-5-7-15/h3-11,13H,2,12,14H2,1H3,(H,23,25)/b18-13+. The highest BCUT2D eigenvalue weighted by Crippen LogP contribution is 2.32. The van der Waals surface area contributed by atoms with Gasteiger partial charge in [-0.2, -0.15) is 0 Å². The molecule has 1 saturated heterocycles. The molecule has 1 aliphatic rings. The van der Waals surface area contributed by atoms with Crippen molar-refractivity contribution < 1.29 is 23.9 Å². The first-order valence-electron chi connectivity index (χ1n) is 9.35. The third kappa shape index (κ3) is 5.36. The minimum Gasteiger partial charge on any atom is -0.462 e. The molecule has 0 atom stereocenters.